The van der Waals surface area contributed by atoms with Gasteiger partial charge in [0.1, 0.15) is 11.6 Å². The molecule has 20 heavy (non-hydrogen) atoms. The second-order valence-corrected chi connectivity index (χ2v) is 4.69. The van der Waals surface area contributed by atoms with E-state index in [1.807, 2.05) is 0 Å². The molecule has 1 N–H and O–H groups in total. The summed E-state index contributed by atoms with van der Waals surface area (Å²) in [4.78, 5) is 36.0. The molecular formula is C13H15N3O4. The molecule has 1 heterocycles. The maximum atomic E-state index is 12.5. The van der Waals surface area contributed by atoms with Gasteiger partial charge >= 0.3 is 0 Å². The summed E-state index contributed by atoms with van der Waals surface area (Å²) in [7, 11) is 0. The number of piperazine rings is 1. The Balaban J connectivity index is 2.43. The first kappa shape index (κ1) is 14.0. The van der Waals surface area contributed by atoms with E-state index in [1.54, 1.807) is 19.9 Å². The van der Waals surface area contributed by atoms with E-state index in [1.165, 1.54) is 17.0 Å². The first-order chi connectivity index (χ1) is 9.43. The van der Waals surface area contributed by atoms with Crippen molar-refractivity contribution in [2.75, 3.05) is 13.1 Å². The second kappa shape index (κ2) is 5.28. The molecule has 2 rings (SSSR count). The average Bonchev–Trinajstić information content (AvgIpc) is 2.40. The third-order valence-electron chi connectivity index (χ3n) is 3.42. The Hall–Kier alpha value is -2.44. The predicted octanol–water partition coefficient (Wildman–Crippen LogP) is 0.864. The molecule has 1 unspecified atom stereocenters. The number of nitro groups is 1. The van der Waals surface area contributed by atoms with Crippen LogP contribution in [0.15, 0.2) is 18.2 Å². The summed E-state index contributed by atoms with van der Waals surface area (Å²) in [6.45, 7) is 3.96. The van der Waals surface area contributed by atoms with E-state index in [2.05, 4.69) is 5.32 Å². The maximum absolute atomic E-state index is 12.5. The molecule has 0 saturated carbocycles. The summed E-state index contributed by atoms with van der Waals surface area (Å²) >= 11 is 0. The average molecular weight is 277 g/mol. The lowest BCUT2D eigenvalue weighted by Crippen LogP contribution is -2.56. The molecule has 1 fully saturated rings. The van der Waals surface area contributed by atoms with Crippen LogP contribution in [0.5, 0.6) is 0 Å². The van der Waals surface area contributed by atoms with Crippen LogP contribution in [0, 0.1) is 17.0 Å². The van der Waals surface area contributed by atoms with Gasteiger partial charge < -0.3 is 10.2 Å². The topological polar surface area (TPSA) is 92.6 Å². The zero-order chi connectivity index (χ0) is 14.9. The molecule has 1 saturated heterocycles. The number of nitrogens with zero attached hydrogens (tertiary/aromatic N) is 2. The van der Waals surface area contributed by atoms with Gasteiger partial charge in [0.2, 0.25) is 5.91 Å². The van der Waals surface area contributed by atoms with Crippen LogP contribution in [0.3, 0.4) is 0 Å². The predicted molar refractivity (Wildman–Crippen MR) is 71.3 cm³/mol. The maximum Gasteiger partial charge on any atom is 0.282 e. The van der Waals surface area contributed by atoms with E-state index in [4.69, 9.17) is 0 Å². The molecule has 106 valence electrons. The van der Waals surface area contributed by atoms with Crippen molar-refractivity contribution in [1.29, 1.82) is 0 Å². The van der Waals surface area contributed by atoms with Crippen LogP contribution in [-0.2, 0) is 4.79 Å². The number of hydrogen-bond acceptors (Lipinski definition) is 4. The smallest absolute Gasteiger partial charge is 0.282 e. The zero-order valence-electron chi connectivity index (χ0n) is 11.3. The van der Waals surface area contributed by atoms with E-state index in [0.717, 1.165) is 0 Å². The van der Waals surface area contributed by atoms with Crippen molar-refractivity contribution >= 4 is 17.5 Å². The minimum absolute atomic E-state index is 0.0547. The number of aryl methyl sites for hydroxylation is 1. The Bertz CT molecular complexity index is 585. The summed E-state index contributed by atoms with van der Waals surface area (Å²) < 4.78 is 0. The van der Waals surface area contributed by atoms with Gasteiger partial charge in [0.25, 0.3) is 11.6 Å². The molecule has 0 radical (unpaired) electrons. The minimum Gasteiger partial charge on any atom is -0.353 e. The van der Waals surface area contributed by atoms with Gasteiger partial charge in [-0.3, -0.25) is 19.7 Å². The monoisotopic (exact) mass is 277 g/mol. The van der Waals surface area contributed by atoms with Crippen LogP contribution in [0.4, 0.5) is 5.69 Å². The molecule has 1 aromatic carbocycles. The molecule has 0 spiro atoms. The van der Waals surface area contributed by atoms with E-state index in [0.29, 0.717) is 18.7 Å². The lowest BCUT2D eigenvalue weighted by Gasteiger charge is -2.33. The van der Waals surface area contributed by atoms with Crippen LogP contribution in [0.2, 0.25) is 0 Å². The zero-order valence-corrected chi connectivity index (χ0v) is 11.3. The van der Waals surface area contributed by atoms with E-state index < -0.39 is 16.9 Å². The lowest BCUT2D eigenvalue weighted by molar-refractivity contribution is -0.385. The Morgan fingerprint density at radius 3 is 2.85 bits per heavy atom. The SMILES string of the molecule is Cc1cccc([N+](=O)[O-])c1C(=O)N1CCNC(=O)C1C. The van der Waals surface area contributed by atoms with Gasteiger partial charge in [-0.15, -0.1) is 0 Å². The van der Waals surface area contributed by atoms with Crippen molar-refractivity contribution < 1.29 is 14.5 Å². The van der Waals surface area contributed by atoms with Gasteiger partial charge in [0.05, 0.1) is 4.92 Å². The summed E-state index contributed by atoms with van der Waals surface area (Å²) in [5, 5.41) is 13.7. The number of carbonyl (C=O) groups is 2. The number of nitro benzene ring substituents is 1. The molecule has 7 nitrogen and oxygen atoms in total. The van der Waals surface area contributed by atoms with Crippen LogP contribution in [0.25, 0.3) is 0 Å². The van der Waals surface area contributed by atoms with Crippen LogP contribution in [0.1, 0.15) is 22.8 Å². The first-order valence-corrected chi connectivity index (χ1v) is 6.26. The lowest BCUT2D eigenvalue weighted by atomic mass is 10.0. The Labute approximate surface area is 115 Å². The number of nitrogens with one attached hydrogen (secondary N) is 1. The Kier molecular flexibility index (Phi) is 3.69. The minimum atomic E-state index is -0.629. The molecule has 1 aromatic rings. The van der Waals surface area contributed by atoms with Crippen molar-refractivity contribution in [1.82, 2.24) is 10.2 Å². The van der Waals surface area contributed by atoms with Crippen LogP contribution < -0.4 is 5.32 Å². The quantitative estimate of drug-likeness (QED) is 0.641. The molecule has 2 amide bonds. The highest BCUT2D eigenvalue weighted by Crippen LogP contribution is 2.24. The van der Waals surface area contributed by atoms with E-state index >= 15 is 0 Å². The Morgan fingerprint density at radius 1 is 1.50 bits per heavy atom. The molecule has 0 bridgehead atoms. The van der Waals surface area contributed by atoms with E-state index in [-0.39, 0.29) is 17.2 Å². The highest BCUT2D eigenvalue weighted by atomic mass is 16.6. The number of rotatable bonds is 2. The third-order valence-corrected chi connectivity index (χ3v) is 3.42. The first-order valence-electron chi connectivity index (χ1n) is 6.26. The molecule has 7 heteroatoms. The number of amides is 2. The molecule has 1 aliphatic rings. The van der Waals surface area contributed by atoms with Gasteiger partial charge in [-0.25, -0.2) is 0 Å². The largest absolute Gasteiger partial charge is 0.353 e. The van der Waals surface area contributed by atoms with Crippen molar-refractivity contribution in [2.24, 2.45) is 0 Å². The summed E-state index contributed by atoms with van der Waals surface area (Å²) in [6.07, 6.45) is 0. The van der Waals surface area contributed by atoms with Crippen LogP contribution >= 0.6 is 0 Å². The number of benzene rings is 1. The van der Waals surface area contributed by atoms with Crippen molar-refractivity contribution in [2.45, 2.75) is 19.9 Å². The fourth-order valence-corrected chi connectivity index (χ4v) is 2.29. The molecule has 0 aromatic heterocycles. The fraction of sp³-hybridized carbons (Fsp3) is 0.385. The van der Waals surface area contributed by atoms with Gasteiger partial charge in [-0.05, 0) is 19.4 Å². The van der Waals surface area contributed by atoms with Gasteiger partial charge in [0, 0.05) is 19.2 Å². The normalized spacial score (nSPS) is 18.6. The summed E-state index contributed by atoms with van der Waals surface area (Å²) in [5.41, 5.74) is 0.356. The molecular weight excluding hydrogens is 262 g/mol. The fourth-order valence-electron chi connectivity index (χ4n) is 2.29. The number of carbonyl (C=O) groups excluding carboxylic acids is 2. The standard InChI is InChI=1S/C13H15N3O4/c1-8-4-3-5-10(16(19)20)11(8)13(18)15-7-6-14-12(17)9(15)2/h3-5,9H,6-7H2,1-2H3,(H,14,17). The molecule has 0 aliphatic carbocycles. The van der Waals surface area contributed by atoms with Gasteiger partial charge in [-0.2, -0.15) is 0 Å². The highest BCUT2D eigenvalue weighted by Gasteiger charge is 2.33. The third kappa shape index (κ3) is 2.34. The van der Waals surface area contributed by atoms with Gasteiger partial charge in [0.15, 0.2) is 0 Å². The van der Waals surface area contributed by atoms with Crippen molar-refractivity contribution in [3.63, 3.8) is 0 Å². The molecule has 1 aliphatic heterocycles. The molecule has 1 atom stereocenters. The van der Waals surface area contributed by atoms with Crippen LogP contribution in [-0.4, -0.2) is 40.8 Å². The van der Waals surface area contributed by atoms with Crippen molar-refractivity contribution in [3.05, 3.63) is 39.4 Å². The van der Waals surface area contributed by atoms with Gasteiger partial charge in [-0.1, -0.05) is 12.1 Å². The van der Waals surface area contributed by atoms with Crippen molar-refractivity contribution in [3.8, 4) is 0 Å². The number of hydrogen-bond donors (Lipinski definition) is 1. The summed E-state index contributed by atoms with van der Waals surface area (Å²) in [5.74, 6) is -0.724. The highest BCUT2D eigenvalue weighted by molar-refractivity contribution is 6.02. The Morgan fingerprint density at radius 2 is 2.20 bits per heavy atom. The van der Waals surface area contributed by atoms with E-state index in [9.17, 15) is 19.7 Å². The second-order valence-electron chi connectivity index (χ2n) is 4.69. The summed E-state index contributed by atoms with van der Waals surface area (Å²) in [6, 6.07) is 3.86.